The van der Waals surface area contributed by atoms with Gasteiger partial charge in [0.1, 0.15) is 0 Å². The molecule has 0 bridgehead atoms. The molecule has 2 rings (SSSR count). The monoisotopic (exact) mass is 413 g/mol. The molecule has 0 saturated carbocycles. The van der Waals surface area contributed by atoms with Crippen molar-refractivity contribution in [2.24, 2.45) is 5.10 Å². The first kappa shape index (κ1) is 17.5. The highest BCUT2D eigenvalue weighted by Crippen LogP contribution is 2.29. The van der Waals surface area contributed by atoms with Gasteiger partial charge in [-0.2, -0.15) is 5.10 Å². The Balaban J connectivity index is 1.97. The Hall–Kier alpha value is -1.89. The number of anilines is 1. The molecule has 0 unspecified atom stereocenters. The fourth-order valence-electron chi connectivity index (χ4n) is 1.57. The van der Waals surface area contributed by atoms with Gasteiger partial charge in [-0.25, -0.2) is 5.43 Å². The zero-order chi connectivity index (χ0) is 16.8. The lowest BCUT2D eigenvalue weighted by molar-refractivity contribution is -0.136. The summed E-state index contributed by atoms with van der Waals surface area (Å²) in [6, 6.07) is 12.0. The number of carbonyl (C=O) groups is 2. The minimum absolute atomic E-state index is 0.159. The molecule has 2 aromatic carbocycles. The first-order valence-corrected chi connectivity index (χ1v) is 7.87. The molecule has 0 fully saturated rings. The first-order chi connectivity index (χ1) is 11.0. The van der Waals surface area contributed by atoms with Crippen LogP contribution in [0.25, 0.3) is 0 Å². The van der Waals surface area contributed by atoms with Crippen molar-refractivity contribution in [2.75, 3.05) is 5.32 Å². The molecule has 8 heteroatoms. The second-order valence-corrected chi connectivity index (χ2v) is 5.92. The molecule has 0 aromatic heterocycles. The number of hydrogen-bond donors (Lipinski definition) is 2. The number of carbonyl (C=O) groups excluding carboxylic acids is 2. The number of hydrazone groups is 1. The van der Waals surface area contributed by atoms with Crippen molar-refractivity contribution in [1.29, 1.82) is 0 Å². The van der Waals surface area contributed by atoms with Gasteiger partial charge in [0.15, 0.2) is 0 Å². The molecule has 0 atom stereocenters. The second kappa shape index (κ2) is 8.10. The molecule has 118 valence electrons. The molecule has 5 nitrogen and oxygen atoms in total. The molecule has 2 amide bonds. The van der Waals surface area contributed by atoms with Crippen LogP contribution < -0.4 is 10.7 Å². The third-order valence-corrected chi connectivity index (χ3v) is 4.22. The van der Waals surface area contributed by atoms with E-state index in [0.717, 1.165) is 10.0 Å². The summed E-state index contributed by atoms with van der Waals surface area (Å²) < 4.78 is 0.813. The number of nitrogens with one attached hydrogen (secondary N) is 2. The van der Waals surface area contributed by atoms with E-state index in [9.17, 15) is 9.59 Å². The van der Waals surface area contributed by atoms with Gasteiger partial charge in [0, 0.05) is 10.0 Å². The molecule has 0 aliphatic heterocycles. The Morgan fingerprint density at radius 3 is 2.52 bits per heavy atom. The Morgan fingerprint density at radius 2 is 1.78 bits per heavy atom. The van der Waals surface area contributed by atoms with E-state index in [4.69, 9.17) is 23.2 Å². The van der Waals surface area contributed by atoms with Crippen molar-refractivity contribution in [3.8, 4) is 0 Å². The molecule has 0 saturated heterocycles. The molecule has 0 aliphatic rings. The van der Waals surface area contributed by atoms with Crippen LogP contribution in [0.15, 0.2) is 52.0 Å². The van der Waals surface area contributed by atoms with Crippen LogP contribution in [0, 0.1) is 0 Å². The largest absolute Gasteiger partial charge is 0.329 e. The number of halogens is 3. The van der Waals surface area contributed by atoms with Gasteiger partial charge in [0.05, 0.1) is 21.9 Å². The molecule has 23 heavy (non-hydrogen) atoms. The van der Waals surface area contributed by atoms with Crippen LogP contribution in [0.3, 0.4) is 0 Å². The Labute approximate surface area is 150 Å². The Bertz CT molecular complexity index is 781. The molecule has 0 heterocycles. The van der Waals surface area contributed by atoms with Crippen LogP contribution in [0.2, 0.25) is 10.0 Å². The zero-order valence-electron chi connectivity index (χ0n) is 11.5. The highest BCUT2D eigenvalue weighted by molar-refractivity contribution is 9.10. The maximum Gasteiger partial charge on any atom is 0.329 e. The topological polar surface area (TPSA) is 70.6 Å². The SMILES string of the molecule is O=C(N/N=C/c1ccccc1Br)C(=O)Nc1cccc(Cl)c1Cl. The van der Waals surface area contributed by atoms with Crippen LogP contribution in [-0.2, 0) is 9.59 Å². The van der Waals surface area contributed by atoms with Gasteiger partial charge < -0.3 is 5.32 Å². The van der Waals surface area contributed by atoms with Gasteiger partial charge in [-0.05, 0) is 18.2 Å². The summed E-state index contributed by atoms with van der Waals surface area (Å²) in [4.78, 5) is 23.5. The van der Waals surface area contributed by atoms with Crippen molar-refractivity contribution in [3.05, 3.63) is 62.5 Å². The summed E-state index contributed by atoms with van der Waals surface area (Å²) in [7, 11) is 0. The van der Waals surface area contributed by atoms with E-state index in [1.54, 1.807) is 18.2 Å². The molecular formula is C15H10BrCl2N3O2. The fraction of sp³-hybridized carbons (Fsp3) is 0. The van der Waals surface area contributed by atoms with Crippen LogP contribution in [0.1, 0.15) is 5.56 Å². The quantitative estimate of drug-likeness (QED) is 0.455. The average molecular weight is 415 g/mol. The Kier molecular flexibility index (Phi) is 6.15. The third-order valence-electron chi connectivity index (χ3n) is 2.68. The number of nitrogens with zero attached hydrogens (tertiary/aromatic N) is 1. The number of hydrogen-bond acceptors (Lipinski definition) is 3. The van der Waals surface area contributed by atoms with Gasteiger partial charge in [-0.15, -0.1) is 0 Å². The predicted molar refractivity (Wildman–Crippen MR) is 95.0 cm³/mol. The van der Waals surface area contributed by atoms with Crippen LogP contribution in [-0.4, -0.2) is 18.0 Å². The summed E-state index contributed by atoms with van der Waals surface area (Å²) in [6.45, 7) is 0. The minimum atomic E-state index is -0.927. The first-order valence-electron chi connectivity index (χ1n) is 6.32. The van der Waals surface area contributed by atoms with E-state index < -0.39 is 11.8 Å². The van der Waals surface area contributed by atoms with Gasteiger partial charge in [-0.3, -0.25) is 9.59 Å². The predicted octanol–water partition coefficient (Wildman–Crippen LogP) is 3.84. The van der Waals surface area contributed by atoms with E-state index in [1.165, 1.54) is 12.3 Å². The Morgan fingerprint density at radius 1 is 1.04 bits per heavy atom. The van der Waals surface area contributed by atoms with Crippen LogP contribution in [0.5, 0.6) is 0 Å². The van der Waals surface area contributed by atoms with E-state index >= 15 is 0 Å². The van der Waals surface area contributed by atoms with E-state index in [-0.39, 0.29) is 15.7 Å². The summed E-state index contributed by atoms with van der Waals surface area (Å²) in [5, 5.41) is 6.53. The lowest BCUT2D eigenvalue weighted by Crippen LogP contribution is -2.32. The summed E-state index contributed by atoms with van der Waals surface area (Å²) in [5.74, 6) is -1.83. The van der Waals surface area contributed by atoms with Gasteiger partial charge >= 0.3 is 11.8 Å². The average Bonchev–Trinajstić information content (AvgIpc) is 2.53. The lowest BCUT2D eigenvalue weighted by atomic mass is 10.2. The highest BCUT2D eigenvalue weighted by Gasteiger charge is 2.15. The number of rotatable bonds is 3. The maximum absolute atomic E-state index is 11.8. The van der Waals surface area contributed by atoms with Crippen molar-refractivity contribution < 1.29 is 9.59 Å². The molecule has 0 spiro atoms. The lowest BCUT2D eigenvalue weighted by Gasteiger charge is -2.06. The number of amides is 2. The second-order valence-electron chi connectivity index (χ2n) is 4.28. The van der Waals surface area contributed by atoms with Crippen LogP contribution >= 0.6 is 39.1 Å². The van der Waals surface area contributed by atoms with E-state index in [0.29, 0.717) is 0 Å². The van der Waals surface area contributed by atoms with E-state index in [1.807, 2.05) is 18.2 Å². The summed E-state index contributed by atoms with van der Waals surface area (Å²) >= 11 is 15.1. The fourth-order valence-corrected chi connectivity index (χ4v) is 2.31. The maximum atomic E-state index is 11.8. The summed E-state index contributed by atoms with van der Waals surface area (Å²) in [6.07, 6.45) is 1.42. The molecule has 2 aromatic rings. The summed E-state index contributed by atoms with van der Waals surface area (Å²) in [5.41, 5.74) is 3.13. The van der Waals surface area contributed by atoms with Crippen molar-refractivity contribution >= 4 is 62.8 Å². The van der Waals surface area contributed by atoms with Gasteiger partial charge in [-0.1, -0.05) is 63.4 Å². The molecule has 0 aliphatic carbocycles. The standard InChI is InChI=1S/C15H10BrCl2N3O2/c16-10-5-2-1-4-9(10)8-19-21-15(23)14(22)20-12-7-3-6-11(17)13(12)18/h1-8H,(H,20,22)(H,21,23)/b19-8+. The minimum Gasteiger partial charge on any atom is -0.316 e. The number of benzene rings is 2. The van der Waals surface area contributed by atoms with Crippen LogP contribution in [0.4, 0.5) is 5.69 Å². The molecule has 2 N–H and O–H groups in total. The van der Waals surface area contributed by atoms with E-state index in [2.05, 4.69) is 31.8 Å². The van der Waals surface area contributed by atoms with Crippen molar-refractivity contribution in [3.63, 3.8) is 0 Å². The molecule has 0 radical (unpaired) electrons. The third kappa shape index (κ3) is 4.79. The molecular weight excluding hydrogens is 405 g/mol. The highest BCUT2D eigenvalue weighted by atomic mass is 79.9. The zero-order valence-corrected chi connectivity index (χ0v) is 14.6. The smallest absolute Gasteiger partial charge is 0.316 e. The normalized spacial score (nSPS) is 10.6. The van der Waals surface area contributed by atoms with Crippen molar-refractivity contribution in [1.82, 2.24) is 5.43 Å². The van der Waals surface area contributed by atoms with Gasteiger partial charge in [0.2, 0.25) is 0 Å². The van der Waals surface area contributed by atoms with Crippen molar-refractivity contribution in [2.45, 2.75) is 0 Å². The van der Waals surface area contributed by atoms with Gasteiger partial charge in [0.25, 0.3) is 0 Å².